The molecule has 0 fully saturated rings. The molecular formula is C14H18Br3N3S. The molecule has 0 aliphatic rings. The predicted octanol–water partition coefficient (Wildman–Crippen LogP) is 5.90. The molecule has 2 aromatic rings. The zero-order chi connectivity index (χ0) is 15.6. The van der Waals surface area contributed by atoms with Gasteiger partial charge in [0.05, 0.1) is 30.0 Å². The lowest BCUT2D eigenvalue weighted by Crippen LogP contribution is -2.26. The van der Waals surface area contributed by atoms with Gasteiger partial charge in [-0.05, 0) is 80.7 Å². The predicted molar refractivity (Wildman–Crippen MR) is 100 cm³/mol. The zero-order valence-corrected chi connectivity index (χ0v) is 17.7. The average Bonchev–Trinajstić information content (AvgIpc) is 2.94. The van der Waals surface area contributed by atoms with Gasteiger partial charge in [-0.3, -0.25) is 4.68 Å². The van der Waals surface area contributed by atoms with E-state index in [1.807, 2.05) is 6.20 Å². The van der Waals surface area contributed by atoms with Crippen LogP contribution in [0.3, 0.4) is 0 Å². The summed E-state index contributed by atoms with van der Waals surface area (Å²) >= 11 is 12.6. The van der Waals surface area contributed by atoms with E-state index in [2.05, 4.69) is 89.7 Å². The first-order valence-electron chi connectivity index (χ1n) is 6.86. The maximum atomic E-state index is 4.51. The quantitative estimate of drug-likeness (QED) is 0.536. The van der Waals surface area contributed by atoms with Gasteiger partial charge in [-0.2, -0.15) is 5.10 Å². The number of nitrogens with one attached hydrogen (secondary N) is 1. The van der Waals surface area contributed by atoms with E-state index in [-0.39, 0.29) is 6.04 Å². The molecule has 116 valence electrons. The Bertz CT molecular complexity index is 607. The van der Waals surface area contributed by atoms with Gasteiger partial charge in [0.2, 0.25) is 0 Å². The van der Waals surface area contributed by atoms with Crippen molar-refractivity contribution >= 4 is 59.1 Å². The van der Waals surface area contributed by atoms with E-state index in [1.165, 1.54) is 11.3 Å². The van der Waals surface area contributed by atoms with Crippen molar-refractivity contribution in [2.45, 2.75) is 39.3 Å². The maximum Gasteiger partial charge on any atom is 0.0779 e. The second kappa shape index (κ2) is 7.73. The van der Waals surface area contributed by atoms with Crippen LogP contribution in [0.2, 0.25) is 0 Å². The lowest BCUT2D eigenvalue weighted by Gasteiger charge is -2.22. The third kappa shape index (κ3) is 3.99. The van der Waals surface area contributed by atoms with Gasteiger partial charge < -0.3 is 5.32 Å². The molecule has 2 aromatic heterocycles. The van der Waals surface area contributed by atoms with E-state index in [9.17, 15) is 0 Å². The Hall–Kier alpha value is 0.310. The zero-order valence-electron chi connectivity index (χ0n) is 12.2. The summed E-state index contributed by atoms with van der Waals surface area (Å²) in [5, 5.41) is 8.16. The molecule has 0 radical (unpaired) electrons. The Kier molecular flexibility index (Phi) is 6.50. The normalized spacial score (nSPS) is 13.1. The van der Waals surface area contributed by atoms with Crippen LogP contribution in [0, 0.1) is 0 Å². The van der Waals surface area contributed by atoms with Crippen LogP contribution in [-0.2, 0) is 0 Å². The lowest BCUT2D eigenvalue weighted by atomic mass is 10.1. The van der Waals surface area contributed by atoms with Crippen LogP contribution in [0.1, 0.15) is 50.5 Å². The van der Waals surface area contributed by atoms with E-state index < -0.39 is 0 Å². The second-order valence-corrected chi connectivity index (χ2v) is 9.69. The molecule has 2 rings (SSSR count). The Balaban J connectivity index is 2.50. The SMILES string of the molecule is CCCNC(c1cc(Br)sc1Br)c1c(Br)cnn1C(C)C. The fourth-order valence-corrected chi connectivity index (χ4v) is 5.63. The third-order valence-electron chi connectivity index (χ3n) is 3.14. The molecule has 0 spiro atoms. The molecule has 1 unspecified atom stereocenters. The summed E-state index contributed by atoms with van der Waals surface area (Å²) in [6, 6.07) is 2.60. The van der Waals surface area contributed by atoms with E-state index >= 15 is 0 Å². The number of thiophene rings is 1. The van der Waals surface area contributed by atoms with E-state index in [0.717, 1.165) is 25.0 Å². The first kappa shape index (κ1) is 17.7. The molecule has 0 aromatic carbocycles. The number of rotatable bonds is 6. The minimum atomic E-state index is 0.112. The van der Waals surface area contributed by atoms with Gasteiger partial charge in [0.1, 0.15) is 0 Å². The Labute approximate surface area is 154 Å². The monoisotopic (exact) mass is 497 g/mol. The molecule has 7 heteroatoms. The van der Waals surface area contributed by atoms with Crippen LogP contribution in [0.5, 0.6) is 0 Å². The van der Waals surface area contributed by atoms with Gasteiger partial charge in [0, 0.05) is 11.6 Å². The number of hydrogen-bond acceptors (Lipinski definition) is 3. The Morgan fingerprint density at radius 3 is 2.57 bits per heavy atom. The lowest BCUT2D eigenvalue weighted by molar-refractivity contribution is 0.470. The van der Waals surface area contributed by atoms with Gasteiger partial charge in [0.15, 0.2) is 0 Å². The first-order valence-corrected chi connectivity index (χ1v) is 10.1. The largest absolute Gasteiger partial charge is 0.305 e. The number of halogens is 3. The van der Waals surface area contributed by atoms with Crippen molar-refractivity contribution in [2.75, 3.05) is 6.54 Å². The number of nitrogens with zero attached hydrogens (tertiary/aromatic N) is 2. The van der Waals surface area contributed by atoms with Crippen molar-refractivity contribution in [1.82, 2.24) is 15.1 Å². The molecule has 0 saturated heterocycles. The Morgan fingerprint density at radius 1 is 1.33 bits per heavy atom. The highest BCUT2D eigenvalue weighted by atomic mass is 79.9. The number of hydrogen-bond donors (Lipinski definition) is 1. The van der Waals surface area contributed by atoms with Gasteiger partial charge in [-0.1, -0.05) is 6.92 Å². The topological polar surface area (TPSA) is 29.9 Å². The minimum Gasteiger partial charge on any atom is -0.305 e. The molecule has 0 saturated carbocycles. The molecule has 1 N–H and O–H groups in total. The van der Waals surface area contributed by atoms with Gasteiger partial charge >= 0.3 is 0 Å². The van der Waals surface area contributed by atoms with Crippen molar-refractivity contribution in [1.29, 1.82) is 0 Å². The van der Waals surface area contributed by atoms with Crippen molar-refractivity contribution in [3.05, 3.63) is 35.6 Å². The smallest absolute Gasteiger partial charge is 0.0779 e. The molecule has 0 amide bonds. The highest BCUT2D eigenvalue weighted by Crippen LogP contribution is 2.40. The Morgan fingerprint density at radius 2 is 2.05 bits per heavy atom. The van der Waals surface area contributed by atoms with Crippen molar-refractivity contribution in [3.8, 4) is 0 Å². The molecule has 1 atom stereocenters. The van der Waals surface area contributed by atoms with Gasteiger partial charge in [0.25, 0.3) is 0 Å². The minimum absolute atomic E-state index is 0.112. The molecule has 0 aliphatic carbocycles. The van der Waals surface area contributed by atoms with Crippen LogP contribution < -0.4 is 5.32 Å². The van der Waals surface area contributed by atoms with E-state index in [1.54, 1.807) is 11.3 Å². The average molecular weight is 500 g/mol. The van der Waals surface area contributed by atoms with Crippen molar-refractivity contribution < 1.29 is 0 Å². The van der Waals surface area contributed by atoms with Gasteiger partial charge in [-0.15, -0.1) is 11.3 Å². The van der Waals surface area contributed by atoms with E-state index in [0.29, 0.717) is 6.04 Å². The maximum absolute atomic E-state index is 4.51. The van der Waals surface area contributed by atoms with Crippen LogP contribution in [0.25, 0.3) is 0 Å². The summed E-state index contributed by atoms with van der Waals surface area (Å²) in [6.07, 6.45) is 2.97. The summed E-state index contributed by atoms with van der Waals surface area (Å²) in [6.45, 7) is 7.44. The highest BCUT2D eigenvalue weighted by Gasteiger charge is 2.25. The molecular weight excluding hydrogens is 482 g/mol. The molecule has 0 bridgehead atoms. The first-order chi connectivity index (χ1) is 9.95. The van der Waals surface area contributed by atoms with Gasteiger partial charge in [-0.25, -0.2) is 0 Å². The summed E-state index contributed by atoms with van der Waals surface area (Å²) in [7, 11) is 0. The highest BCUT2D eigenvalue weighted by molar-refractivity contribution is 9.12. The molecule has 0 aliphatic heterocycles. The fraction of sp³-hybridized carbons (Fsp3) is 0.500. The summed E-state index contributed by atoms with van der Waals surface area (Å²) in [4.78, 5) is 0. The fourth-order valence-electron chi connectivity index (χ4n) is 2.22. The van der Waals surface area contributed by atoms with Crippen LogP contribution in [0.4, 0.5) is 0 Å². The van der Waals surface area contributed by atoms with Crippen molar-refractivity contribution in [3.63, 3.8) is 0 Å². The molecule has 21 heavy (non-hydrogen) atoms. The van der Waals surface area contributed by atoms with Crippen molar-refractivity contribution in [2.24, 2.45) is 0 Å². The summed E-state index contributed by atoms with van der Waals surface area (Å²) in [5.41, 5.74) is 2.41. The summed E-state index contributed by atoms with van der Waals surface area (Å²) < 4.78 is 5.39. The third-order valence-corrected chi connectivity index (χ3v) is 6.14. The van der Waals surface area contributed by atoms with Crippen LogP contribution >= 0.6 is 59.1 Å². The number of aromatic nitrogens is 2. The van der Waals surface area contributed by atoms with Crippen LogP contribution in [0.15, 0.2) is 24.3 Å². The standard InChI is InChI=1S/C14H18Br3N3S/c1-4-5-18-12(9-6-11(16)21-14(9)17)13-10(15)7-19-20(13)8(2)3/h6-8,12,18H,4-5H2,1-3H3. The summed E-state index contributed by atoms with van der Waals surface area (Å²) in [5.74, 6) is 0. The van der Waals surface area contributed by atoms with E-state index in [4.69, 9.17) is 0 Å². The second-order valence-electron chi connectivity index (χ2n) is 5.08. The molecule has 2 heterocycles. The molecule has 3 nitrogen and oxygen atoms in total. The van der Waals surface area contributed by atoms with Crippen LogP contribution in [-0.4, -0.2) is 16.3 Å².